The van der Waals surface area contributed by atoms with Crippen LogP contribution in [0.3, 0.4) is 0 Å². The summed E-state index contributed by atoms with van der Waals surface area (Å²) in [4.78, 5) is 14.7. The molecule has 0 heterocycles. The Morgan fingerprint density at radius 3 is 2.40 bits per heavy atom. The highest BCUT2D eigenvalue weighted by Crippen LogP contribution is 2.13. The van der Waals surface area contributed by atoms with Crippen LogP contribution in [0.4, 0.5) is 0 Å². The van der Waals surface area contributed by atoms with Crippen LogP contribution in [0.1, 0.15) is 27.9 Å². The lowest BCUT2D eigenvalue weighted by molar-refractivity contribution is 0.0742. The van der Waals surface area contributed by atoms with E-state index in [0.29, 0.717) is 31.0 Å². The summed E-state index contributed by atoms with van der Waals surface area (Å²) in [6, 6.07) is 17.3. The summed E-state index contributed by atoms with van der Waals surface area (Å²) in [6.45, 7) is 1.73. The fourth-order valence-electron chi connectivity index (χ4n) is 2.55. The average molecular weight is 381 g/mol. The molecule has 0 aromatic heterocycles. The van der Waals surface area contributed by atoms with E-state index >= 15 is 0 Å². The first-order valence-corrected chi connectivity index (χ1v) is 9.75. The normalized spacial score (nSPS) is 11.4. The molecule has 0 aliphatic rings. The summed E-state index contributed by atoms with van der Waals surface area (Å²) >= 11 is 0. The predicted octanol–water partition coefficient (Wildman–Crippen LogP) is 2.98. The van der Waals surface area contributed by atoms with E-state index in [1.807, 2.05) is 59.5 Å². The number of rotatable bonds is 8. The van der Waals surface area contributed by atoms with Crippen molar-refractivity contribution in [3.05, 3.63) is 71.3 Å². The second kappa shape index (κ2) is 11.0. The van der Waals surface area contributed by atoms with Crippen LogP contribution in [0.25, 0.3) is 0 Å². The van der Waals surface area contributed by atoms with Crippen LogP contribution in [0.2, 0.25) is 0 Å². The van der Waals surface area contributed by atoms with E-state index in [2.05, 4.69) is 0 Å². The van der Waals surface area contributed by atoms with Gasteiger partial charge in [-0.3, -0.25) is 9.00 Å². The van der Waals surface area contributed by atoms with Crippen LogP contribution in [-0.2, 0) is 23.1 Å². The van der Waals surface area contributed by atoms with Crippen molar-refractivity contribution in [3.63, 3.8) is 0 Å². The molecule has 0 aliphatic carbocycles. The Kier molecular flexibility index (Phi) is 9.42. The average Bonchev–Trinajstić information content (AvgIpc) is 2.58. The first kappa shape index (κ1) is 21.4. The molecule has 0 spiro atoms. The molecule has 2 rings (SSSR count). The highest BCUT2D eigenvalue weighted by Gasteiger charge is 2.16. The minimum atomic E-state index is -0.926. The molecule has 2 aromatic rings. The molecule has 1 amide bonds. The smallest absolute Gasteiger partial charge is 0.254 e. The van der Waals surface area contributed by atoms with E-state index in [-0.39, 0.29) is 18.3 Å². The molecule has 1 unspecified atom stereocenters. The molecule has 2 N–H and O–H groups in total. The SMILES string of the molecule is CS(=O)Cc1cccc(C(=O)N(CCCN)Cc2ccccc2)c1.Cl. The summed E-state index contributed by atoms with van der Waals surface area (Å²) in [7, 11) is -0.926. The number of nitrogens with two attached hydrogens (primary N) is 1. The van der Waals surface area contributed by atoms with Gasteiger partial charge in [-0.05, 0) is 36.2 Å². The maximum absolute atomic E-state index is 12.9. The van der Waals surface area contributed by atoms with E-state index in [4.69, 9.17) is 5.73 Å². The van der Waals surface area contributed by atoms with Crippen molar-refractivity contribution in [2.24, 2.45) is 5.73 Å². The Bertz CT molecular complexity index is 695. The largest absolute Gasteiger partial charge is 0.334 e. The molecule has 0 saturated heterocycles. The second-order valence-electron chi connectivity index (χ2n) is 5.77. The fraction of sp³-hybridized carbons (Fsp3) is 0.316. The minimum Gasteiger partial charge on any atom is -0.334 e. The van der Waals surface area contributed by atoms with Gasteiger partial charge in [-0.1, -0.05) is 42.5 Å². The van der Waals surface area contributed by atoms with Crippen LogP contribution >= 0.6 is 12.4 Å². The number of halogens is 1. The highest BCUT2D eigenvalue weighted by molar-refractivity contribution is 7.83. The van der Waals surface area contributed by atoms with Gasteiger partial charge in [0.05, 0.1) is 0 Å². The Morgan fingerprint density at radius 1 is 1.08 bits per heavy atom. The Hall–Kier alpha value is -1.69. The summed E-state index contributed by atoms with van der Waals surface area (Å²) in [5, 5.41) is 0. The molecule has 2 aromatic carbocycles. The van der Waals surface area contributed by atoms with Crippen molar-refractivity contribution in [2.75, 3.05) is 19.3 Å². The van der Waals surface area contributed by atoms with E-state index in [1.54, 1.807) is 6.26 Å². The Labute approximate surface area is 158 Å². The summed E-state index contributed by atoms with van der Waals surface area (Å²) in [5.41, 5.74) is 8.25. The van der Waals surface area contributed by atoms with Crippen LogP contribution in [0.15, 0.2) is 54.6 Å². The summed E-state index contributed by atoms with van der Waals surface area (Å²) < 4.78 is 11.4. The number of carbonyl (C=O) groups is 1. The van der Waals surface area contributed by atoms with Crippen molar-refractivity contribution in [2.45, 2.75) is 18.7 Å². The number of nitrogens with zero attached hydrogens (tertiary/aromatic N) is 1. The van der Waals surface area contributed by atoms with Crippen molar-refractivity contribution < 1.29 is 9.00 Å². The number of benzene rings is 2. The van der Waals surface area contributed by atoms with Crippen LogP contribution in [0, 0.1) is 0 Å². The third-order valence-corrected chi connectivity index (χ3v) is 4.42. The molecule has 1 atom stereocenters. The molecule has 136 valence electrons. The first-order chi connectivity index (χ1) is 11.6. The maximum Gasteiger partial charge on any atom is 0.254 e. The quantitative estimate of drug-likeness (QED) is 0.765. The monoisotopic (exact) mass is 380 g/mol. The van der Waals surface area contributed by atoms with Crippen LogP contribution < -0.4 is 5.73 Å². The zero-order valence-corrected chi connectivity index (χ0v) is 16.0. The minimum absolute atomic E-state index is 0. The van der Waals surface area contributed by atoms with Crippen molar-refractivity contribution in [1.82, 2.24) is 4.90 Å². The molecule has 4 nitrogen and oxygen atoms in total. The topological polar surface area (TPSA) is 63.4 Å². The lowest BCUT2D eigenvalue weighted by atomic mass is 10.1. The third-order valence-electron chi connectivity index (χ3n) is 3.68. The van der Waals surface area contributed by atoms with Crippen molar-refractivity contribution >= 4 is 29.1 Å². The molecule has 0 fully saturated rings. The van der Waals surface area contributed by atoms with Gasteiger partial charge in [0.25, 0.3) is 5.91 Å². The lowest BCUT2D eigenvalue weighted by Crippen LogP contribution is -2.32. The number of amides is 1. The Morgan fingerprint density at radius 2 is 1.76 bits per heavy atom. The van der Waals surface area contributed by atoms with Gasteiger partial charge in [0.15, 0.2) is 0 Å². The third kappa shape index (κ3) is 6.98. The van der Waals surface area contributed by atoms with E-state index in [0.717, 1.165) is 17.5 Å². The number of carbonyl (C=O) groups excluding carboxylic acids is 1. The highest BCUT2D eigenvalue weighted by atomic mass is 35.5. The van der Waals surface area contributed by atoms with Gasteiger partial charge >= 0.3 is 0 Å². The molecule has 25 heavy (non-hydrogen) atoms. The summed E-state index contributed by atoms with van der Waals surface area (Å²) in [6.07, 6.45) is 2.43. The van der Waals surface area contributed by atoms with Gasteiger partial charge in [0, 0.05) is 41.5 Å². The van der Waals surface area contributed by atoms with Gasteiger partial charge < -0.3 is 10.6 Å². The van der Waals surface area contributed by atoms with Gasteiger partial charge in [0.2, 0.25) is 0 Å². The zero-order chi connectivity index (χ0) is 17.4. The van der Waals surface area contributed by atoms with Gasteiger partial charge in [-0.2, -0.15) is 0 Å². The predicted molar refractivity (Wildman–Crippen MR) is 106 cm³/mol. The van der Waals surface area contributed by atoms with Gasteiger partial charge in [-0.25, -0.2) is 0 Å². The fourth-order valence-corrected chi connectivity index (χ4v) is 3.20. The van der Waals surface area contributed by atoms with E-state index in [1.165, 1.54) is 0 Å². The molecular formula is C19H25ClN2O2S. The summed E-state index contributed by atoms with van der Waals surface area (Å²) in [5.74, 6) is 0.443. The standard InChI is InChI=1S/C19H24N2O2S.ClH/c1-24(23)15-17-9-5-10-18(13-17)19(22)21(12-6-11-20)14-16-7-3-2-4-8-16;/h2-5,7-10,13H,6,11-12,14-15,20H2,1H3;1H. The number of hydrogen-bond acceptors (Lipinski definition) is 3. The number of hydrogen-bond donors (Lipinski definition) is 1. The molecular weight excluding hydrogens is 356 g/mol. The first-order valence-electron chi connectivity index (χ1n) is 8.02. The lowest BCUT2D eigenvalue weighted by Gasteiger charge is -2.23. The molecule has 0 bridgehead atoms. The zero-order valence-electron chi connectivity index (χ0n) is 14.4. The van der Waals surface area contributed by atoms with Gasteiger partial charge in [-0.15, -0.1) is 12.4 Å². The van der Waals surface area contributed by atoms with Crippen molar-refractivity contribution in [3.8, 4) is 0 Å². The van der Waals surface area contributed by atoms with Crippen molar-refractivity contribution in [1.29, 1.82) is 0 Å². The van der Waals surface area contributed by atoms with Crippen LogP contribution in [0.5, 0.6) is 0 Å². The molecule has 0 radical (unpaired) electrons. The van der Waals surface area contributed by atoms with E-state index < -0.39 is 10.8 Å². The Balaban J connectivity index is 0.00000312. The maximum atomic E-state index is 12.9. The van der Waals surface area contributed by atoms with E-state index in [9.17, 15) is 9.00 Å². The van der Waals surface area contributed by atoms with Gasteiger partial charge in [0.1, 0.15) is 0 Å². The molecule has 0 saturated carbocycles. The molecule has 0 aliphatic heterocycles. The van der Waals surface area contributed by atoms with Crippen LogP contribution in [-0.4, -0.2) is 34.4 Å². The molecule has 6 heteroatoms. The second-order valence-corrected chi connectivity index (χ2v) is 7.21.